The summed E-state index contributed by atoms with van der Waals surface area (Å²) in [6, 6.07) is 20.2. The quantitative estimate of drug-likeness (QED) is 0.610. The number of nitrogens with two attached hydrogens (primary N) is 1. The Labute approximate surface area is 210 Å². The Hall–Kier alpha value is -2.48. The molecule has 1 saturated heterocycles. The molecule has 35 heavy (non-hydrogen) atoms. The van der Waals surface area contributed by atoms with E-state index in [0.717, 1.165) is 10.4 Å². The Morgan fingerprint density at radius 1 is 0.971 bits per heavy atom. The van der Waals surface area contributed by atoms with Crippen molar-refractivity contribution >= 4 is 30.7 Å². The van der Waals surface area contributed by atoms with Crippen LogP contribution in [0.15, 0.2) is 60.7 Å². The lowest BCUT2D eigenvalue weighted by Crippen LogP contribution is -2.68. The van der Waals surface area contributed by atoms with Gasteiger partial charge in [-0.2, -0.15) is 0 Å². The molecule has 0 bridgehead atoms. The van der Waals surface area contributed by atoms with E-state index in [2.05, 4.69) is 45.0 Å². The van der Waals surface area contributed by atoms with Gasteiger partial charge in [-0.05, 0) is 55.1 Å². The lowest BCUT2D eigenvalue weighted by Gasteiger charge is -2.45. The zero-order chi connectivity index (χ0) is 25.9. The smallest absolute Gasteiger partial charge is 0.417 e. The van der Waals surface area contributed by atoms with Gasteiger partial charge in [0, 0.05) is 6.42 Å². The van der Waals surface area contributed by atoms with Gasteiger partial charge in [0.25, 0.3) is 8.32 Å². The van der Waals surface area contributed by atoms with Gasteiger partial charge in [0.15, 0.2) is 0 Å². The van der Waals surface area contributed by atoms with Crippen LogP contribution in [0.1, 0.15) is 54.4 Å². The molecule has 7 heteroatoms. The van der Waals surface area contributed by atoms with E-state index in [1.807, 2.05) is 36.4 Å². The van der Waals surface area contributed by atoms with E-state index in [4.69, 9.17) is 14.9 Å². The maximum atomic E-state index is 13.1. The van der Waals surface area contributed by atoms with Crippen LogP contribution in [0, 0.1) is 5.92 Å². The van der Waals surface area contributed by atoms with Gasteiger partial charge < -0.3 is 14.9 Å². The Kier molecular flexibility index (Phi) is 8.24. The molecular formula is C28H40N2O4Si. The Balaban J connectivity index is 2.03. The predicted molar refractivity (Wildman–Crippen MR) is 142 cm³/mol. The molecule has 1 heterocycles. The average Bonchev–Trinajstić information content (AvgIpc) is 2.78. The van der Waals surface area contributed by atoms with E-state index in [-0.39, 0.29) is 29.9 Å². The first kappa shape index (κ1) is 27.1. The number of imide groups is 1. The van der Waals surface area contributed by atoms with Crippen molar-refractivity contribution in [3.8, 4) is 0 Å². The average molecular weight is 497 g/mol. The zero-order valence-corrected chi connectivity index (χ0v) is 22.9. The molecule has 0 radical (unpaired) electrons. The van der Waals surface area contributed by atoms with E-state index >= 15 is 0 Å². The van der Waals surface area contributed by atoms with Gasteiger partial charge >= 0.3 is 6.09 Å². The second kappa shape index (κ2) is 10.6. The van der Waals surface area contributed by atoms with Crippen LogP contribution in [-0.2, 0) is 14.0 Å². The van der Waals surface area contributed by atoms with Crippen LogP contribution >= 0.6 is 0 Å². The third-order valence-corrected chi connectivity index (χ3v) is 11.5. The third kappa shape index (κ3) is 6.02. The second-order valence-electron chi connectivity index (χ2n) is 11.4. The maximum Gasteiger partial charge on any atom is 0.417 e. The molecule has 0 unspecified atom stereocenters. The molecule has 2 aromatic rings. The van der Waals surface area contributed by atoms with Gasteiger partial charge in [-0.15, -0.1) is 0 Å². The number of piperidine rings is 1. The van der Waals surface area contributed by atoms with E-state index in [1.54, 1.807) is 20.8 Å². The van der Waals surface area contributed by atoms with Crippen LogP contribution in [0.4, 0.5) is 4.79 Å². The molecule has 1 aliphatic heterocycles. The highest BCUT2D eigenvalue weighted by Gasteiger charge is 2.51. The van der Waals surface area contributed by atoms with Gasteiger partial charge in [0.2, 0.25) is 5.91 Å². The van der Waals surface area contributed by atoms with E-state index in [9.17, 15) is 9.59 Å². The summed E-state index contributed by atoms with van der Waals surface area (Å²) >= 11 is 0. The van der Waals surface area contributed by atoms with Crippen molar-refractivity contribution in [3.63, 3.8) is 0 Å². The molecule has 0 saturated carbocycles. The molecule has 1 aliphatic rings. The number of hydrogen-bond acceptors (Lipinski definition) is 5. The number of amides is 2. The van der Waals surface area contributed by atoms with E-state index in [1.165, 1.54) is 4.90 Å². The third-order valence-electron chi connectivity index (χ3n) is 6.54. The van der Waals surface area contributed by atoms with Gasteiger partial charge in [-0.3, -0.25) is 4.79 Å². The minimum absolute atomic E-state index is 0.00828. The number of hydrogen-bond donors (Lipinski definition) is 1. The van der Waals surface area contributed by atoms with Crippen molar-refractivity contribution < 1.29 is 18.8 Å². The number of carbonyl (C=O) groups excluding carboxylic acids is 2. The monoisotopic (exact) mass is 496 g/mol. The van der Waals surface area contributed by atoms with E-state index < -0.39 is 26.1 Å². The van der Waals surface area contributed by atoms with Crippen LogP contribution in [0.25, 0.3) is 0 Å². The van der Waals surface area contributed by atoms with Crippen molar-refractivity contribution in [1.82, 2.24) is 4.90 Å². The molecule has 2 atom stereocenters. The molecule has 2 amide bonds. The number of rotatable bonds is 6. The van der Waals surface area contributed by atoms with Crippen molar-refractivity contribution in [2.75, 3.05) is 13.2 Å². The van der Waals surface area contributed by atoms with Crippen molar-refractivity contribution in [1.29, 1.82) is 0 Å². The first-order valence-electron chi connectivity index (χ1n) is 12.4. The van der Waals surface area contributed by atoms with Crippen LogP contribution in [0.5, 0.6) is 0 Å². The first-order chi connectivity index (χ1) is 16.4. The van der Waals surface area contributed by atoms with Crippen molar-refractivity contribution in [3.05, 3.63) is 60.7 Å². The molecule has 2 N–H and O–H groups in total. The Morgan fingerprint density at radius 3 is 1.91 bits per heavy atom. The molecule has 0 aliphatic carbocycles. The number of benzene rings is 2. The summed E-state index contributed by atoms with van der Waals surface area (Å²) in [6.07, 6.45) is 0.222. The van der Waals surface area contributed by atoms with Gasteiger partial charge in [0.05, 0.1) is 12.6 Å². The van der Waals surface area contributed by atoms with Crippen LogP contribution < -0.4 is 16.1 Å². The number of ether oxygens (including phenoxy) is 1. The number of nitrogens with zero attached hydrogens (tertiary/aromatic N) is 1. The lowest BCUT2D eigenvalue weighted by molar-refractivity contribution is -0.138. The summed E-state index contributed by atoms with van der Waals surface area (Å²) in [5.74, 6) is -0.245. The molecule has 3 rings (SSSR count). The topological polar surface area (TPSA) is 81.9 Å². The molecule has 190 valence electrons. The lowest BCUT2D eigenvalue weighted by atomic mass is 9.91. The van der Waals surface area contributed by atoms with E-state index in [0.29, 0.717) is 13.0 Å². The largest absolute Gasteiger partial charge is 0.443 e. The molecule has 2 aromatic carbocycles. The highest BCUT2D eigenvalue weighted by Crippen LogP contribution is 2.37. The van der Waals surface area contributed by atoms with Crippen molar-refractivity contribution in [2.24, 2.45) is 11.7 Å². The van der Waals surface area contributed by atoms with Crippen LogP contribution in [0.3, 0.4) is 0 Å². The minimum Gasteiger partial charge on any atom is -0.443 e. The first-order valence-corrected chi connectivity index (χ1v) is 14.3. The number of likely N-dealkylation sites (tertiary alicyclic amines) is 1. The fraction of sp³-hybridized carbons (Fsp3) is 0.500. The van der Waals surface area contributed by atoms with Crippen LogP contribution in [-0.4, -0.2) is 50.0 Å². The normalized spacial score (nSPS) is 19.5. The zero-order valence-electron chi connectivity index (χ0n) is 21.9. The van der Waals surface area contributed by atoms with Crippen molar-refractivity contribution in [2.45, 2.75) is 71.1 Å². The molecule has 6 nitrogen and oxygen atoms in total. The van der Waals surface area contributed by atoms with Crippen LogP contribution in [0.2, 0.25) is 5.04 Å². The maximum absolute atomic E-state index is 13.1. The summed E-state index contributed by atoms with van der Waals surface area (Å²) < 4.78 is 12.7. The highest BCUT2D eigenvalue weighted by molar-refractivity contribution is 6.99. The van der Waals surface area contributed by atoms with Gasteiger partial charge in [0.1, 0.15) is 5.60 Å². The second-order valence-corrected chi connectivity index (χ2v) is 15.7. The molecule has 1 fully saturated rings. The highest BCUT2D eigenvalue weighted by atomic mass is 28.4. The Bertz CT molecular complexity index is 960. The fourth-order valence-corrected chi connectivity index (χ4v) is 9.59. The summed E-state index contributed by atoms with van der Waals surface area (Å²) in [5.41, 5.74) is 5.26. The fourth-order valence-electron chi connectivity index (χ4n) is 4.99. The standard InChI is InChI=1S/C28H40N2O4Si/c1-27(2,3)34-26(32)30-22(17-21(19-29)18-25(30)31)20-33-35(28(4,5)6,23-13-9-7-10-14-23)24-15-11-8-12-16-24/h7-16,21-22H,17-20,29H2,1-6H3/t21-,22-/m0/s1. The molecule has 0 spiro atoms. The number of carbonyl (C=O) groups is 2. The summed E-state index contributed by atoms with van der Waals surface area (Å²) in [4.78, 5) is 27.5. The van der Waals surface area contributed by atoms with Gasteiger partial charge in [-0.25, -0.2) is 9.69 Å². The predicted octanol–water partition coefficient (Wildman–Crippen LogP) is 4.06. The molecular weight excluding hydrogens is 456 g/mol. The Morgan fingerprint density at radius 2 is 1.49 bits per heavy atom. The summed E-state index contributed by atoms with van der Waals surface area (Å²) in [7, 11) is -2.82. The molecule has 0 aromatic heterocycles. The summed E-state index contributed by atoms with van der Waals surface area (Å²) in [6.45, 7) is 12.7. The SMILES string of the molecule is CC(C)(C)OC(=O)N1C(=O)C[C@@H](CN)C[C@H]1CO[Si](c1ccccc1)(c1ccccc1)C(C)(C)C. The van der Waals surface area contributed by atoms with Gasteiger partial charge in [-0.1, -0.05) is 81.4 Å². The minimum atomic E-state index is -2.82. The summed E-state index contributed by atoms with van der Waals surface area (Å²) in [5, 5.41) is 2.10.